The number of hydrogen-bond donors (Lipinski definition) is 2. The van der Waals surface area contributed by atoms with Gasteiger partial charge in [0.05, 0.1) is 16.7 Å². The molecule has 0 fully saturated rings. The van der Waals surface area contributed by atoms with Gasteiger partial charge in [-0.1, -0.05) is 23.2 Å². The second-order valence-corrected chi connectivity index (χ2v) is 5.85. The molecule has 0 bridgehead atoms. The lowest BCUT2D eigenvalue weighted by Crippen LogP contribution is -2.35. The van der Waals surface area contributed by atoms with Crippen LogP contribution in [0.4, 0.5) is 4.39 Å². The summed E-state index contributed by atoms with van der Waals surface area (Å²) in [6.45, 7) is 1.07. The van der Waals surface area contributed by atoms with Crippen molar-refractivity contribution in [1.82, 2.24) is 4.72 Å². The van der Waals surface area contributed by atoms with Crippen molar-refractivity contribution in [3.05, 3.63) is 28.0 Å². The molecule has 0 aliphatic rings. The molecule has 0 spiro atoms. The van der Waals surface area contributed by atoms with Gasteiger partial charge in [-0.3, -0.25) is 0 Å². The summed E-state index contributed by atoms with van der Waals surface area (Å²) in [7, 11) is -3.98. The predicted molar refractivity (Wildman–Crippen MR) is 63.3 cm³/mol. The van der Waals surface area contributed by atoms with E-state index in [0.717, 1.165) is 12.1 Å². The zero-order valence-electron chi connectivity index (χ0n) is 8.75. The summed E-state index contributed by atoms with van der Waals surface area (Å²) in [5, 5.41) is 7.92. The molecule has 1 unspecified atom stereocenters. The van der Waals surface area contributed by atoms with Crippen LogP contribution in [0.2, 0.25) is 10.0 Å². The summed E-state index contributed by atoms with van der Waals surface area (Å²) in [6, 6.07) is 1.50. The molecule has 0 heterocycles. The van der Waals surface area contributed by atoms with Gasteiger partial charge in [-0.2, -0.15) is 0 Å². The highest BCUT2D eigenvalue weighted by Crippen LogP contribution is 2.29. The summed E-state index contributed by atoms with van der Waals surface area (Å²) >= 11 is 11.0. The van der Waals surface area contributed by atoms with Crippen LogP contribution in [0.25, 0.3) is 0 Å². The van der Waals surface area contributed by atoms with Crippen LogP contribution in [0, 0.1) is 5.82 Å². The Morgan fingerprint density at radius 2 is 2.06 bits per heavy atom. The van der Waals surface area contributed by atoms with Crippen LogP contribution in [0.3, 0.4) is 0 Å². The van der Waals surface area contributed by atoms with Gasteiger partial charge in [0.1, 0.15) is 4.90 Å². The summed E-state index contributed by atoms with van der Waals surface area (Å²) in [6.07, 6.45) is 0. The Labute approximate surface area is 108 Å². The van der Waals surface area contributed by atoms with Crippen molar-refractivity contribution >= 4 is 33.2 Å². The number of sulfonamides is 1. The van der Waals surface area contributed by atoms with Gasteiger partial charge in [-0.05, 0) is 19.1 Å². The molecule has 0 saturated heterocycles. The van der Waals surface area contributed by atoms with Crippen molar-refractivity contribution in [2.75, 3.05) is 6.61 Å². The first-order valence-electron chi connectivity index (χ1n) is 4.56. The number of rotatable bonds is 4. The predicted octanol–water partition coefficient (Wildman–Crippen LogP) is 1.79. The molecular formula is C9H10Cl2FNO3S. The fraction of sp³-hybridized carbons (Fsp3) is 0.333. The molecule has 4 nitrogen and oxygen atoms in total. The topological polar surface area (TPSA) is 66.4 Å². The minimum atomic E-state index is -3.98. The lowest BCUT2D eigenvalue weighted by Gasteiger charge is -2.13. The number of hydrogen-bond acceptors (Lipinski definition) is 3. The number of nitrogens with one attached hydrogen (secondary N) is 1. The van der Waals surface area contributed by atoms with E-state index in [9.17, 15) is 12.8 Å². The van der Waals surface area contributed by atoms with E-state index < -0.39 is 31.8 Å². The van der Waals surface area contributed by atoms with Crippen molar-refractivity contribution in [3.8, 4) is 0 Å². The Balaban J connectivity index is 3.21. The maximum Gasteiger partial charge on any atom is 0.242 e. The molecule has 96 valence electrons. The van der Waals surface area contributed by atoms with Crippen molar-refractivity contribution in [1.29, 1.82) is 0 Å². The molecule has 1 atom stereocenters. The second-order valence-electron chi connectivity index (χ2n) is 3.38. The molecule has 2 N–H and O–H groups in total. The van der Waals surface area contributed by atoms with E-state index in [1.165, 1.54) is 6.92 Å². The van der Waals surface area contributed by atoms with E-state index in [0.29, 0.717) is 0 Å². The van der Waals surface area contributed by atoms with Crippen molar-refractivity contribution < 1.29 is 17.9 Å². The number of halogens is 3. The molecule has 0 radical (unpaired) electrons. The Morgan fingerprint density at radius 3 is 2.59 bits per heavy atom. The highest BCUT2D eigenvalue weighted by atomic mass is 35.5. The first-order valence-corrected chi connectivity index (χ1v) is 6.80. The van der Waals surface area contributed by atoms with Gasteiger partial charge in [0.15, 0.2) is 5.82 Å². The average Bonchev–Trinajstić information content (AvgIpc) is 2.24. The molecule has 1 aromatic carbocycles. The van der Waals surface area contributed by atoms with Gasteiger partial charge in [-0.15, -0.1) is 0 Å². The zero-order chi connectivity index (χ0) is 13.2. The molecule has 0 saturated carbocycles. The molecule has 17 heavy (non-hydrogen) atoms. The van der Waals surface area contributed by atoms with Crippen LogP contribution >= 0.6 is 23.2 Å². The quantitative estimate of drug-likeness (QED) is 0.833. The standard InChI is InChI=1S/C9H10Cl2FNO3S/c1-5(4-14)13-17(15,16)7-3-2-6(10)9(12)8(7)11/h2-3,5,13-14H,4H2,1H3. The van der Waals surface area contributed by atoms with Crippen molar-refractivity contribution in [3.63, 3.8) is 0 Å². The van der Waals surface area contributed by atoms with Crippen LogP contribution in [-0.2, 0) is 10.0 Å². The van der Waals surface area contributed by atoms with Crippen LogP contribution in [0.1, 0.15) is 6.92 Å². The first kappa shape index (κ1) is 14.7. The summed E-state index contributed by atoms with van der Waals surface area (Å²) in [5.41, 5.74) is 0. The highest BCUT2D eigenvalue weighted by Gasteiger charge is 2.23. The van der Waals surface area contributed by atoms with E-state index in [2.05, 4.69) is 4.72 Å². The van der Waals surface area contributed by atoms with E-state index >= 15 is 0 Å². The molecule has 8 heteroatoms. The monoisotopic (exact) mass is 301 g/mol. The van der Waals surface area contributed by atoms with Gasteiger partial charge >= 0.3 is 0 Å². The van der Waals surface area contributed by atoms with Gasteiger partial charge < -0.3 is 5.11 Å². The van der Waals surface area contributed by atoms with Crippen molar-refractivity contribution in [2.45, 2.75) is 17.9 Å². The Morgan fingerprint density at radius 1 is 1.47 bits per heavy atom. The van der Waals surface area contributed by atoms with Crippen molar-refractivity contribution in [2.24, 2.45) is 0 Å². The number of aliphatic hydroxyl groups excluding tert-OH is 1. The van der Waals surface area contributed by atoms with E-state index in [-0.39, 0.29) is 11.6 Å². The fourth-order valence-corrected chi connectivity index (χ4v) is 3.06. The third kappa shape index (κ3) is 3.29. The summed E-state index contributed by atoms with van der Waals surface area (Å²) < 4.78 is 39.0. The van der Waals surface area contributed by atoms with E-state index in [4.69, 9.17) is 28.3 Å². The lowest BCUT2D eigenvalue weighted by atomic mass is 10.3. The molecular weight excluding hydrogens is 292 g/mol. The van der Waals surface area contributed by atoms with Crippen LogP contribution in [0.5, 0.6) is 0 Å². The molecule has 0 aromatic heterocycles. The molecule has 1 aromatic rings. The van der Waals surface area contributed by atoms with Gasteiger partial charge in [0.25, 0.3) is 0 Å². The smallest absolute Gasteiger partial charge is 0.242 e. The number of benzene rings is 1. The minimum absolute atomic E-state index is 0.260. The van der Waals surface area contributed by atoms with E-state index in [1.807, 2.05) is 0 Å². The van der Waals surface area contributed by atoms with Crippen LogP contribution in [0.15, 0.2) is 17.0 Å². The third-order valence-electron chi connectivity index (χ3n) is 1.92. The Hall–Kier alpha value is -0.400. The molecule has 0 aliphatic heterocycles. The first-order chi connectivity index (χ1) is 7.79. The second kappa shape index (κ2) is 5.49. The highest BCUT2D eigenvalue weighted by molar-refractivity contribution is 7.89. The number of aliphatic hydroxyl groups is 1. The average molecular weight is 302 g/mol. The van der Waals surface area contributed by atoms with Gasteiger partial charge in [0, 0.05) is 6.04 Å². The Kier molecular flexibility index (Phi) is 4.74. The largest absolute Gasteiger partial charge is 0.395 e. The van der Waals surface area contributed by atoms with E-state index in [1.54, 1.807) is 0 Å². The fourth-order valence-electron chi connectivity index (χ4n) is 1.08. The maximum atomic E-state index is 13.3. The van der Waals surface area contributed by atoms with Gasteiger partial charge in [-0.25, -0.2) is 17.5 Å². The lowest BCUT2D eigenvalue weighted by molar-refractivity contribution is 0.265. The van der Waals surface area contributed by atoms with Crippen LogP contribution < -0.4 is 4.72 Å². The van der Waals surface area contributed by atoms with Gasteiger partial charge in [0.2, 0.25) is 10.0 Å². The molecule has 1 rings (SSSR count). The zero-order valence-corrected chi connectivity index (χ0v) is 11.1. The van der Waals surface area contributed by atoms with Crippen LogP contribution in [-0.4, -0.2) is 26.2 Å². The SMILES string of the molecule is CC(CO)NS(=O)(=O)c1ccc(Cl)c(F)c1Cl. The summed E-state index contributed by atoms with van der Waals surface area (Å²) in [5.74, 6) is -0.993. The molecule has 0 amide bonds. The third-order valence-corrected chi connectivity index (χ3v) is 4.32. The molecule has 0 aliphatic carbocycles. The normalized spacial score (nSPS) is 13.7. The summed E-state index contributed by atoms with van der Waals surface area (Å²) in [4.78, 5) is -0.415. The maximum absolute atomic E-state index is 13.3. The minimum Gasteiger partial charge on any atom is -0.395 e. The Bertz CT molecular complexity index is 521.